The Morgan fingerprint density at radius 1 is 1.56 bits per heavy atom. The third-order valence-electron chi connectivity index (χ3n) is 2.76. The number of carbonyl (C=O) groups excluding carboxylic acids is 1. The number of cyclic esters (lactones) is 1. The Bertz CT molecular complexity index is 433. The molecule has 1 aromatic rings. The maximum Gasteiger partial charge on any atom is 0.340 e. The normalized spacial score (nSPS) is 23.8. The second-order valence-electron chi connectivity index (χ2n) is 4.32. The Morgan fingerprint density at radius 2 is 2.31 bits per heavy atom. The molecule has 1 heterocycles. The van der Waals surface area contributed by atoms with Gasteiger partial charge in [-0.3, -0.25) is 0 Å². The Labute approximate surface area is 99.7 Å². The smallest absolute Gasteiger partial charge is 0.340 e. The zero-order chi connectivity index (χ0) is 11.8. The molecule has 1 aliphatic rings. The van der Waals surface area contributed by atoms with E-state index in [1.54, 1.807) is 6.07 Å². The van der Waals surface area contributed by atoms with Gasteiger partial charge in [0.15, 0.2) is 0 Å². The fourth-order valence-corrected chi connectivity index (χ4v) is 2.40. The van der Waals surface area contributed by atoms with Gasteiger partial charge in [0.2, 0.25) is 0 Å². The average molecular weight is 240 g/mol. The summed E-state index contributed by atoms with van der Waals surface area (Å²) in [5.41, 5.74) is 0.989. The third kappa shape index (κ3) is 1.93. The highest BCUT2D eigenvalue weighted by atomic mass is 35.5. The molecule has 0 fully saturated rings. The minimum absolute atomic E-state index is 0.329. The number of hydrogen-bond acceptors (Lipinski definition) is 3. The SMILES string of the molecule is CNCC1(C)Cc2cccc(Cl)c2C(=O)O1. The lowest BCUT2D eigenvalue weighted by atomic mass is 9.90. The number of hydrogen-bond donors (Lipinski definition) is 1. The van der Waals surface area contributed by atoms with E-state index in [-0.39, 0.29) is 5.97 Å². The summed E-state index contributed by atoms with van der Waals surface area (Å²) in [4.78, 5) is 11.9. The van der Waals surface area contributed by atoms with Gasteiger partial charge in [-0.25, -0.2) is 4.79 Å². The molecule has 0 saturated heterocycles. The van der Waals surface area contributed by atoms with Gasteiger partial charge >= 0.3 is 5.97 Å². The summed E-state index contributed by atoms with van der Waals surface area (Å²) < 4.78 is 5.44. The molecule has 0 bridgehead atoms. The average Bonchev–Trinajstić information content (AvgIpc) is 2.16. The van der Waals surface area contributed by atoms with E-state index in [1.165, 1.54) is 0 Å². The van der Waals surface area contributed by atoms with Crippen LogP contribution in [0.3, 0.4) is 0 Å². The molecule has 16 heavy (non-hydrogen) atoms. The van der Waals surface area contributed by atoms with Crippen LogP contribution in [0.25, 0.3) is 0 Å². The van der Waals surface area contributed by atoms with Gasteiger partial charge in [-0.1, -0.05) is 23.7 Å². The maximum absolute atomic E-state index is 11.9. The van der Waals surface area contributed by atoms with Crippen LogP contribution in [-0.4, -0.2) is 25.2 Å². The second kappa shape index (κ2) is 4.07. The molecular formula is C12H14ClNO2. The first-order valence-corrected chi connectivity index (χ1v) is 5.59. The van der Waals surface area contributed by atoms with Crippen LogP contribution in [0, 0.1) is 0 Å². The van der Waals surface area contributed by atoms with Crippen LogP contribution < -0.4 is 5.32 Å². The Balaban J connectivity index is 2.41. The third-order valence-corrected chi connectivity index (χ3v) is 3.07. The number of carbonyl (C=O) groups is 1. The molecule has 0 saturated carbocycles. The standard InChI is InChI=1S/C12H14ClNO2/c1-12(7-14-2)6-8-4-3-5-9(13)10(8)11(15)16-12/h3-5,14H,6-7H2,1-2H3. The van der Waals surface area contributed by atoms with E-state index in [1.807, 2.05) is 26.1 Å². The van der Waals surface area contributed by atoms with Crippen LogP contribution in [0.15, 0.2) is 18.2 Å². The molecule has 2 rings (SSSR count). The van der Waals surface area contributed by atoms with Crippen molar-refractivity contribution in [3.8, 4) is 0 Å². The zero-order valence-electron chi connectivity index (χ0n) is 9.34. The number of ether oxygens (including phenoxy) is 1. The molecular weight excluding hydrogens is 226 g/mol. The quantitative estimate of drug-likeness (QED) is 0.803. The summed E-state index contributed by atoms with van der Waals surface area (Å²) in [6.45, 7) is 2.55. The molecule has 0 radical (unpaired) electrons. The molecule has 86 valence electrons. The van der Waals surface area contributed by atoms with Gasteiger partial charge in [-0.15, -0.1) is 0 Å². The molecule has 1 N–H and O–H groups in total. The van der Waals surface area contributed by atoms with Crippen LogP contribution in [0.4, 0.5) is 0 Å². The number of esters is 1. The van der Waals surface area contributed by atoms with E-state index in [0.717, 1.165) is 5.56 Å². The highest BCUT2D eigenvalue weighted by molar-refractivity contribution is 6.33. The molecule has 4 heteroatoms. The number of likely N-dealkylation sites (N-methyl/N-ethyl adjacent to an activating group) is 1. The van der Waals surface area contributed by atoms with E-state index in [0.29, 0.717) is 23.6 Å². The Kier molecular flexibility index (Phi) is 2.91. The van der Waals surface area contributed by atoms with Crippen molar-refractivity contribution < 1.29 is 9.53 Å². The van der Waals surface area contributed by atoms with Crippen LogP contribution in [0.5, 0.6) is 0 Å². The van der Waals surface area contributed by atoms with Crippen molar-refractivity contribution in [2.75, 3.05) is 13.6 Å². The molecule has 1 unspecified atom stereocenters. The van der Waals surface area contributed by atoms with E-state index >= 15 is 0 Å². The van der Waals surface area contributed by atoms with E-state index in [4.69, 9.17) is 16.3 Å². The van der Waals surface area contributed by atoms with E-state index in [9.17, 15) is 4.79 Å². The van der Waals surface area contributed by atoms with Gasteiger partial charge in [-0.05, 0) is 25.6 Å². The van der Waals surface area contributed by atoms with Crippen molar-refractivity contribution >= 4 is 17.6 Å². The number of fused-ring (bicyclic) bond motifs is 1. The first kappa shape index (κ1) is 11.4. The van der Waals surface area contributed by atoms with Crippen molar-refractivity contribution in [1.82, 2.24) is 5.32 Å². The first-order valence-electron chi connectivity index (χ1n) is 5.21. The van der Waals surface area contributed by atoms with Gasteiger partial charge in [0.25, 0.3) is 0 Å². The predicted molar refractivity (Wildman–Crippen MR) is 62.9 cm³/mol. The van der Waals surface area contributed by atoms with Gasteiger partial charge < -0.3 is 10.1 Å². The van der Waals surface area contributed by atoms with Crippen molar-refractivity contribution in [3.05, 3.63) is 34.3 Å². The summed E-state index contributed by atoms with van der Waals surface area (Å²) in [7, 11) is 1.84. The lowest BCUT2D eigenvalue weighted by Crippen LogP contribution is -2.46. The summed E-state index contributed by atoms with van der Waals surface area (Å²) in [5, 5.41) is 3.50. The summed E-state index contributed by atoms with van der Waals surface area (Å²) in [6.07, 6.45) is 0.690. The van der Waals surface area contributed by atoms with E-state index in [2.05, 4.69) is 5.32 Å². The highest BCUT2D eigenvalue weighted by Gasteiger charge is 2.36. The minimum Gasteiger partial charge on any atom is -0.454 e. The molecule has 0 aromatic heterocycles. The maximum atomic E-state index is 11.9. The number of rotatable bonds is 2. The first-order chi connectivity index (χ1) is 7.56. The second-order valence-corrected chi connectivity index (χ2v) is 4.73. The molecule has 0 aliphatic carbocycles. The Hall–Kier alpha value is -1.06. The monoisotopic (exact) mass is 239 g/mol. The Morgan fingerprint density at radius 3 is 3.00 bits per heavy atom. The van der Waals surface area contributed by atoms with E-state index < -0.39 is 5.60 Å². The van der Waals surface area contributed by atoms with Crippen LogP contribution in [-0.2, 0) is 11.2 Å². The topological polar surface area (TPSA) is 38.3 Å². The van der Waals surface area contributed by atoms with Gasteiger partial charge in [0.1, 0.15) is 5.60 Å². The fourth-order valence-electron chi connectivity index (χ4n) is 2.13. The fraction of sp³-hybridized carbons (Fsp3) is 0.417. The zero-order valence-corrected chi connectivity index (χ0v) is 10.1. The van der Waals surface area contributed by atoms with Crippen molar-refractivity contribution in [2.45, 2.75) is 18.9 Å². The number of benzene rings is 1. The number of halogens is 1. The van der Waals surface area contributed by atoms with Crippen LogP contribution >= 0.6 is 11.6 Å². The van der Waals surface area contributed by atoms with Gasteiger partial charge in [0, 0.05) is 13.0 Å². The molecule has 3 nitrogen and oxygen atoms in total. The molecule has 1 aliphatic heterocycles. The predicted octanol–water partition coefficient (Wildman–Crippen LogP) is 2.03. The van der Waals surface area contributed by atoms with Gasteiger partial charge in [-0.2, -0.15) is 0 Å². The van der Waals surface area contributed by atoms with Gasteiger partial charge in [0.05, 0.1) is 10.6 Å². The highest BCUT2D eigenvalue weighted by Crippen LogP contribution is 2.31. The van der Waals surface area contributed by atoms with Crippen molar-refractivity contribution in [3.63, 3.8) is 0 Å². The summed E-state index contributed by atoms with van der Waals surface area (Å²) >= 11 is 5.99. The van der Waals surface area contributed by atoms with Crippen LogP contribution in [0.1, 0.15) is 22.8 Å². The minimum atomic E-state index is -0.483. The molecule has 0 amide bonds. The van der Waals surface area contributed by atoms with Crippen molar-refractivity contribution in [2.24, 2.45) is 0 Å². The largest absolute Gasteiger partial charge is 0.454 e. The lowest BCUT2D eigenvalue weighted by molar-refractivity contribution is -0.0139. The lowest BCUT2D eigenvalue weighted by Gasteiger charge is -2.34. The van der Waals surface area contributed by atoms with Crippen molar-refractivity contribution in [1.29, 1.82) is 0 Å². The number of nitrogens with one attached hydrogen (secondary N) is 1. The van der Waals surface area contributed by atoms with Crippen LogP contribution in [0.2, 0.25) is 5.02 Å². The summed E-state index contributed by atoms with van der Waals surface area (Å²) in [5.74, 6) is -0.329. The molecule has 1 aromatic carbocycles. The molecule has 1 atom stereocenters. The molecule has 0 spiro atoms. The summed E-state index contributed by atoms with van der Waals surface area (Å²) in [6, 6.07) is 5.50.